The minimum Gasteiger partial charge on any atom is -0.342 e. The molecular formula is C14H20N2OS. The molecule has 18 heavy (non-hydrogen) atoms. The lowest BCUT2D eigenvalue weighted by atomic mass is 9.78. The van der Waals surface area contributed by atoms with Crippen molar-refractivity contribution < 1.29 is 4.79 Å². The lowest BCUT2D eigenvalue weighted by Crippen LogP contribution is -2.44. The molecule has 4 heteroatoms. The number of rotatable bonds is 2. The molecular weight excluding hydrogens is 244 g/mol. The number of hydrogen-bond donors (Lipinski definition) is 1. The second-order valence-electron chi connectivity index (χ2n) is 5.62. The van der Waals surface area contributed by atoms with E-state index < -0.39 is 0 Å². The van der Waals surface area contributed by atoms with Crippen molar-refractivity contribution in [2.24, 2.45) is 5.41 Å². The van der Waals surface area contributed by atoms with Gasteiger partial charge in [-0.15, -0.1) is 0 Å². The van der Waals surface area contributed by atoms with E-state index in [0.717, 1.165) is 31.7 Å². The third-order valence-corrected chi connectivity index (χ3v) is 5.18. The molecule has 1 amide bonds. The predicted molar refractivity (Wildman–Crippen MR) is 73.8 cm³/mol. The quantitative estimate of drug-likeness (QED) is 0.885. The van der Waals surface area contributed by atoms with Crippen LogP contribution in [0.15, 0.2) is 16.8 Å². The Balaban J connectivity index is 1.54. The van der Waals surface area contributed by atoms with Gasteiger partial charge in [0, 0.05) is 19.6 Å². The maximum Gasteiger partial charge on any atom is 0.227 e. The standard InChI is InChI=1S/C14H20N2OS/c17-13(9-12-1-8-18-10-12)16-6-3-14(4-7-16)2-5-15-11-14/h1,8,10,15H,2-7,9,11H2. The monoisotopic (exact) mass is 264 g/mol. The van der Waals surface area contributed by atoms with E-state index in [1.165, 1.54) is 19.3 Å². The summed E-state index contributed by atoms with van der Waals surface area (Å²) in [6, 6.07) is 2.05. The van der Waals surface area contributed by atoms with Crippen LogP contribution in [0.3, 0.4) is 0 Å². The SMILES string of the molecule is O=C(Cc1ccsc1)N1CCC2(CCNC2)CC1. The van der Waals surface area contributed by atoms with E-state index in [1.807, 2.05) is 5.38 Å². The van der Waals surface area contributed by atoms with Gasteiger partial charge in [0.1, 0.15) is 0 Å². The van der Waals surface area contributed by atoms with E-state index in [2.05, 4.69) is 21.7 Å². The summed E-state index contributed by atoms with van der Waals surface area (Å²) in [4.78, 5) is 14.2. The Labute approximate surface area is 112 Å². The molecule has 1 aromatic rings. The first-order chi connectivity index (χ1) is 8.77. The van der Waals surface area contributed by atoms with Crippen LogP contribution in [-0.4, -0.2) is 37.0 Å². The first kappa shape index (κ1) is 12.2. The van der Waals surface area contributed by atoms with Crippen LogP contribution in [0.4, 0.5) is 0 Å². The smallest absolute Gasteiger partial charge is 0.227 e. The summed E-state index contributed by atoms with van der Waals surface area (Å²) in [7, 11) is 0. The first-order valence-corrected chi connectivity index (χ1v) is 7.71. The van der Waals surface area contributed by atoms with Crippen LogP contribution in [0.5, 0.6) is 0 Å². The van der Waals surface area contributed by atoms with Crippen molar-refractivity contribution >= 4 is 17.2 Å². The highest BCUT2D eigenvalue weighted by Crippen LogP contribution is 2.36. The van der Waals surface area contributed by atoms with Crippen LogP contribution in [0.1, 0.15) is 24.8 Å². The largest absolute Gasteiger partial charge is 0.342 e. The van der Waals surface area contributed by atoms with Gasteiger partial charge in [0.2, 0.25) is 5.91 Å². The van der Waals surface area contributed by atoms with Gasteiger partial charge in [0.05, 0.1) is 6.42 Å². The molecule has 3 rings (SSSR count). The Hall–Kier alpha value is -0.870. The Morgan fingerprint density at radius 2 is 2.22 bits per heavy atom. The molecule has 2 saturated heterocycles. The van der Waals surface area contributed by atoms with Crippen molar-refractivity contribution in [2.75, 3.05) is 26.2 Å². The van der Waals surface area contributed by atoms with Gasteiger partial charge < -0.3 is 10.2 Å². The second kappa shape index (κ2) is 5.02. The van der Waals surface area contributed by atoms with Gasteiger partial charge in [-0.2, -0.15) is 11.3 Å². The fourth-order valence-corrected chi connectivity index (χ4v) is 3.80. The number of carbonyl (C=O) groups is 1. The summed E-state index contributed by atoms with van der Waals surface area (Å²) >= 11 is 1.66. The van der Waals surface area contributed by atoms with E-state index in [4.69, 9.17) is 0 Å². The number of nitrogens with one attached hydrogen (secondary N) is 1. The second-order valence-corrected chi connectivity index (χ2v) is 6.40. The van der Waals surface area contributed by atoms with E-state index in [9.17, 15) is 4.79 Å². The van der Waals surface area contributed by atoms with Gasteiger partial charge >= 0.3 is 0 Å². The zero-order chi connectivity index (χ0) is 12.4. The number of amides is 1. The minimum atomic E-state index is 0.300. The van der Waals surface area contributed by atoms with E-state index in [0.29, 0.717) is 17.7 Å². The lowest BCUT2D eigenvalue weighted by Gasteiger charge is -2.38. The molecule has 0 atom stereocenters. The zero-order valence-electron chi connectivity index (χ0n) is 10.7. The molecule has 0 saturated carbocycles. The van der Waals surface area contributed by atoms with Crippen LogP contribution in [0.2, 0.25) is 0 Å². The van der Waals surface area contributed by atoms with E-state index >= 15 is 0 Å². The Bertz CT molecular complexity index is 399. The molecule has 0 bridgehead atoms. The average Bonchev–Trinajstić information content (AvgIpc) is 3.03. The number of likely N-dealkylation sites (tertiary alicyclic amines) is 1. The summed E-state index contributed by atoms with van der Waals surface area (Å²) < 4.78 is 0. The molecule has 0 aliphatic carbocycles. The van der Waals surface area contributed by atoms with Gasteiger partial charge in [0.25, 0.3) is 0 Å². The molecule has 98 valence electrons. The van der Waals surface area contributed by atoms with Gasteiger partial charge in [-0.05, 0) is 53.6 Å². The molecule has 0 aromatic carbocycles. The van der Waals surface area contributed by atoms with Gasteiger partial charge in [-0.1, -0.05) is 0 Å². The maximum absolute atomic E-state index is 12.2. The minimum absolute atomic E-state index is 0.300. The molecule has 1 spiro atoms. The third kappa shape index (κ3) is 2.45. The summed E-state index contributed by atoms with van der Waals surface area (Å²) in [6.07, 6.45) is 4.22. The third-order valence-electron chi connectivity index (χ3n) is 4.44. The molecule has 2 fully saturated rings. The Kier molecular flexibility index (Phi) is 3.39. The lowest BCUT2D eigenvalue weighted by molar-refractivity contribution is -0.132. The number of hydrogen-bond acceptors (Lipinski definition) is 3. The molecule has 3 nitrogen and oxygen atoms in total. The number of carbonyl (C=O) groups excluding carboxylic acids is 1. The van der Waals surface area contributed by atoms with Crippen LogP contribution in [0, 0.1) is 5.41 Å². The van der Waals surface area contributed by atoms with Crippen LogP contribution < -0.4 is 5.32 Å². The highest BCUT2D eigenvalue weighted by molar-refractivity contribution is 7.07. The van der Waals surface area contributed by atoms with Crippen LogP contribution in [0.25, 0.3) is 0 Å². The normalized spacial score (nSPS) is 22.6. The summed E-state index contributed by atoms with van der Waals surface area (Å²) in [6.45, 7) is 4.21. The predicted octanol–water partition coefficient (Wildman–Crippen LogP) is 1.89. The average molecular weight is 264 g/mol. The summed E-state index contributed by atoms with van der Waals surface area (Å²) in [5.74, 6) is 0.300. The summed E-state index contributed by atoms with van der Waals surface area (Å²) in [5, 5.41) is 7.57. The molecule has 2 aliphatic heterocycles. The number of piperidine rings is 1. The maximum atomic E-state index is 12.2. The first-order valence-electron chi connectivity index (χ1n) is 6.77. The highest BCUT2D eigenvalue weighted by atomic mass is 32.1. The van der Waals surface area contributed by atoms with Crippen molar-refractivity contribution in [2.45, 2.75) is 25.7 Å². The van der Waals surface area contributed by atoms with Crippen molar-refractivity contribution in [1.82, 2.24) is 10.2 Å². The van der Waals surface area contributed by atoms with E-state index in [-0.39, 0.29) is 0 Å². The Morgan fingerprint density at radius 3 is 2.83 bits per heavy atom. The van der Waals surface area contributed by atoms with Crippen LogP contribution in [-0.2, 0) is 11.2 Å². The fourth-order valence-electron chi connectivity index (χ4n) is 3.13. The Morgan fingerprint density at radius 1 is 1.39 bits per heavy atom. The number of nitrogens with zero attached hydrogens (tertiary/aromatic N) is 1. The molecule has 0 unspecified atom stereocenters. The summed E-state index contributed by atoms with van der Waals surface area (Å²) in [5.41, 5.74) is 1.66. The highest BCUT2D eigenvalue weighted by Gasteiger charge is 2.37. The molecule has 1 aromatic heterocycles. The van der Waals surface area contributed by atoms with Gasteiger partial charge in [-0.25, -0.2) is 0 Å². The zero-order valence-corrected chi connectivity index (χ0v) is 11.5. The van der Waals surface area contributed by atoms with Crippen molar-refractivity contribution in [3.05, 3.63) is 22.4 Å². The molecule has 1 N–H and O–H groups in total. The van der Waals surface area contributed by atoms with Gasteiger partial charge in [0.15, 0.2) is 0 Å². The van der Waals surface area contributed by atoms with Crippen molar-refractivity contribution in [3.63, 3.8) is 0 Å². The number of thiophene rings is 1. The van der Waals surface area contributed by atoms with Crippen LogP contribution >= 0.6 is 11.3 Å². The van der Waals surface area contributed by atoms with E-state index in [1.54, 1.807) is 11.3 Å². The molecule has 3 heterocycles. The fraction of sp³-hybridized carbons (Fsp3) is 0.643. The van der Waals surface area contributed by atoms with Gasteiger partial charge in [-0.3, -0.25) is 4.79 Å². The van der Waals surface area contributed by atoms with Crippen molar-refractivity contribution in [3.8, 4) is 0 Å². The topological polar surface area (TPSA) is 32.3 Å². The molecule has 0 radical (unpaired) electrons. The molecule has 2 aliphatic rings. The van der Waals surface area contributed by atoms with Crippen molar-refractivity contribution in [1.29, 1.82) is 0 Å².